The van der Waals surface area contributed by atoms with Gasteiger partial charge in [-0.15, -0.1) is 0 Å². The van der Waals surface area contributed by atoms with Gasteiger partial charge < -0.3 is 9.67 Å². The second kappa shape index (κ2) is 4.94. The summed E-state index contributed by atoms with van der Waals surface area (Å²) in [5.41, 5.74) is 3.31. The zero-order valence-electron chi connectivity index (χ0n) is 10.1. The zero-order valence-corrected chi connectivity index (χ0v) is 11.7. The van der Waals surface area contributed by atoms with Crippen LogP contribution in [-0.2, 0) is 0 Å². The highest BCUT2D eigenvalue weighted by Gasteiger charge is 2.05. The van der Waals surface area contributed by atoms with Gasteiger partial charge in [0.25, 0.3) is 0 Å². The first-order valence-corrected chi connectivity index (χ1v) is 6.76. The minimum Gasteiger partial charge on any atom is -0.508 e. The van der Waals surface area contributed by atoms with E-state index in [1.807, 2.05) is 36.5 Å². The van der Waals surface area contributed by atoms with Crippen LogP contribution in [0.4, 0.5) is 0 Å². The van der Waals surface area contributed by atoms with Crippen molar-refractivity contribution in [3.8, 4) is 22.7 Å². The van der Waals surface area contributed by atoms with Crippen LogP contribution in [-0.4, -0.2) is 9.67 Å². The van der Waals surface area contributed by atoms with Crippen LogP contribution < -0.4 is 0 Å². The smallest absolute Gasteiger partial charge is 0.115 e. The van der Waals surface area contributed by atoms with Gasteiger partial charge in [-0.2, -0.15) is 0 Å². The van der Waals surface area contributed by atoms with Crippen molar-refractivity contribution in [2.45, 2.75) is 0 Å². The van der Waals surface area contributed by atoms with E-state index >= 15 is 0 Å². The molecule has 94 valence electrons. The standard InChI is InChI=1S/C16H12BrNO/c17-13-5-3-12(4-6-13)16-2-1-11-18(16)14-7-9-15(19)10-8-14/h1-11,19H. The molecule has 1 heterocycles. The summed E-state index contributed by atoms with van der Waals surface area (Å²) in [6, 6.07) is 19.5. The topological polar surface area (TPSA) is 25.2 Å². The number of nitrogens with zero attached hydrogens (tertiary/aromatic N) is 1. The zero-order chi connectivity index (χ0) is 13.2. The third-order valence-corrected chi connectivity index (χ3v) is 3.55. The maximum absolute atomic E-state index is 9.36. The summed E-state index contributed by atoms with van der Waals surface area (Å²) in [4.78, 5) is 0. The lowest BCUT2D eigenvalue weighted by Crippen LogP contribution is -1.94. The Labute approximate surface area is 120 Å². The lowest BCUT2D eigenvalue weighted by molar-refractivity contribution is 0.475. The monoisotopic (exact) mass is 313 g/mol. The molecule has 0 aliphatic carbocycles. The Kier molecular flexibility index (Phi) is 3.13. The number of phenols is 1. The fourth-order valence-electron chi connectivity index (χ4n) is 2.08. The number of benzene rings is 2. The number of halogens is 1. The first-order chi connectivity index (χ1) is 9.24. The van der Waals surface area contributed by atoms with E-state index < -0.39 is 0 Å². The van der Waals surface area contributed by atoms with E-state index in [-0.39, 0.29) is 5.75 Å². The van der Waals surface area contributed by atoms with E-state index in [0.717, 1.165) is 21.4 Å². The maximum atomic E-state index is 9.36. The molecule has 0 aliphatic rings. The Balaban J connectivity index is 2.07. The number of rotatable bonds is 2. The molecule has 0 saturated heterocycles. The first-order valence-electron chi connectivity index (χ1n) is 5.97. The average Bonchev–Trinajstić information content (AvgIpc) is 2.90. The molecule has 0 atom stereocenters. The quantitative estimate of drug-likeness (QED) is 0.734. The van der Waals surface area contributed by atoms with Crippen molar-refractivity contribution in [1.82, 2.24) is 4.57 Å². The third-order valence-electron chi connectivity index (χ3n) is 3.02. The second-order valence-electron chi connectivity index (χ2n) is 4.29. The van der Waals surface area contributed by atoms with Crippen LogP contribution in [0.5, 0.6) is 5.75 Å². The first kappa shape index (κ1) is 12.1. The van der Waals surface area contributed by atoms with Crippen molar-refractivity contribution in [3.05, 3.63) is 71.3 Å². The Morgan fingerprint density at radius 3 is 2.21 bits per heavy atom. The summed E-state index contributed by atoms with van der Waals surface area (Å²) in [7, 11) is 0. The number of aromatic hydroxyl groups is 1. The molecule has 1 N–H and O–H groups in total. The van der Waals surface area contributed by atoms with Crippen LogP contribution in [0.15, 0.2) is 71.3 Å². The van der Waals surface area contributed by atoms with Crippen molar-refractivity contribution in [2.75, 3.05) is 0 Å². The molecular formula is C16H12BrNO. The van der Waals surface area contributed by atoms with E-state index in [9.17, 15) is 5.11 Å². The lowest BCUT2D eigenvalue weighted by Gasteiger charge is -2.09. The van der Waals surface area contributed by atoms with Gasteiger partial charge in [-0.3, -0.25) is 0 Å². The molecular weight excluding hydrogens is 302 g/mol. The van der Waals surface area contributed by atoms with Crippen molar-refractivity contribution in [1.29, 1.82) is 0 Å². The van der Waals surface area contributed by atoms with Crippen LogP contribution in [0.2, 0.25) is 0 Å². The van der Waals surface area contributed by atoms with Gasteiger partial charge in [0.05, 0.1) is 5.69 Å². The number of hydrogen-bond acceptors (Lipinski definition) is 1. The predicted octanol–water partition coefficient (Wildman–Crippen LogP) is 4.61. The molecule has 2 nitrogen and oxygen atoms in total. The van der Waals surface area contributed by atoms with Crippen LogP contribution in [0.3, 0.4) is 0 Å². The maximum Gasteiger partial charge on any atom is 0.115 e. The summed E-state index contributed by atoms with van der Waals surface area (Å²) in [6.07, 6.45) is 2.02. The van der Waals surface area contributed by atoms with Crippen LogP contribution >= 0.6 is 15.9 Å². The highest BCUT2D eigenvalue weighted by atomic mass is 79.9. The third kappa shape index (κ3) is 2.42. The van der Waals surface area contributed by atoms with Gasteiger partial charge in [0, 0.05) is 16.4 Å². The molecule has 3 rings (SSSR count). The Morgan fingerprint density at radius 1 is 0.842 bits per heavy atom. The van der Waals surface area contributed by atoms with Crippen molar-refractivity contribution in [3.63, 3.8) is 0 Å². The Bertz CT molecular complexity index is 624. The molecule has 3 aromatic rings. The van der Waals surface area contributed by atoms with Gasteiger partial charge in [-0.1, -0.05) is 28.1 Å². The number of phenolic OH excluding ortho intramolecular Hbond substituents is 1. The van der Waals surface area contributed by atoms with Gasteiger partial charge >= 0.3 is 0 Å². The fourth-order valence-corrected chi connectivity index (χ4v) is 2.34. The minimum absolute atomic E-state index is 0.279. The summed E-state index contributed by atoms with van der Waals surface area (Å²) in [5, 5.41) is 9.36. The predicted molar refractivity (Wildman–Crippen MR) is 80.6 cm³/mol. The fraction of sp³-hybridized carbons (Fsp3) is 0. The largest absolute Gasteiger partial charge is 0.508 e. The average molecular weight is 314 g/mol. The second-order valence-corrected chi connectivity index (χ2v) is 5.20. The molecule has 0 fully saturated rings. The van der Waals surface area contributed by atoms with Crippen molar-refractivity contribution >= 4 is 15.9 Å². The molecule has 0 radical (unpaired) electrons. The van der Waals surface area contributed by atoms with Gasteiger partial charge in [0.15, 0.2) is 0 Å². The summed E-state index contributed by atoms with van der Waals surface area (Å²) >= 11 is 3.45. The Hall–Kier alpha value is -2.00. The lowest BCUT2D eigenvalue weighted by atomic mass is 10.1. The van der Waals surface area contributed by atoms with Crippen LogP contribution in [0.1, 0.15) is 0 Å². The van der Waals surface area contributed by atoms with Gasteiger partial charge in [0.1, 0.15) is 5.75 Å². The van der Waals surface area contributed by atoms with Crippen molar-refractivity contribution < 1.29 is 5.11 Å². The molecule has 0 amide bonds. The minimum atomic E-state index is 0.279. The molecule has 2 aromatic carbocycles. The van der Waals surface area contributed by atoms with Gasteiger partial charge in [0.2, 0.25) is 0 Å². The van der Waals surface area contributed by atoms with E-state index in [2.05, 4.69) is 38.7 Å². The van der Waals surface area contributed by atoms with E-state index in [1.54, 1.807) is 12.1 Å². The van der Waals surface area contributed by atoms with Crippen LogP contribution in [0, 0.1) is 0 Å². The molecule has 0 saturated carbocycles. The number of hydrogen-bond donors (Lipinski definition) is 1. The SMILES string of the molecule is Oc1ccc(-n2cccc2-c2ccc(Br)cc2)cc1. The van der Waals surface area contributed by atoms with E-state index in [0.29, 0.717) is 0 Å². The molecule has 0 aliphatic heterocycles. The molecule has 1 aromatic heterocycles. The summed E-state index contributed by atoms with van der Waals surface area (Å²) in [6.45, 7) is 0. The molecule has 19 heavy (non-hydrogen) atoms. The molecule has 0 spiro atoms. The summed E-state index contributed by atoms with van der Waals surface area (Å²) in [5.74, 6) is 0.279. The van der Waals surface area contributed by atoms with E-state index in [4.69, 9.17) is 0 Å². The van der Waals surface area contributed by atoms with Gasteiger partial charge in [-0.25, -0.2) is 0 Å². The number of aromatic nitrogens is 1. The molecule has 0 unspecified atom stereocenters. The normalized spacial score (nSPS) is 10.6. The highest BCUT2D eigenvalue weighted by molar-refractivity contribution is 9.10. The van der Waals surface area contributed by atoms with Crippen molar-refractivity contribution in [2.24, 2.45) is 0 Å². The van der Waals surface area contributed by atoms with E-state index in [1.165, 1.54) is 0 Å². The van der Waals surface area contributed by atoms with Gasteiger partial charge in [-0.05, 0) is 54.1 Å². The molecule has 3 heteroatoms. The molecule has 0 bridgehead atoms. The van der Waals surface area contributed by atoms with Crippen LogP contribution in [0.25, 0.3) is 16.9 Å². The highest BCUT2D eigenvalue weighted by Crippen LogP contribution is 2.26. The summed E-state index contributed by atoms with van der Waals surface area (Å²) < 4.78 is 3.17. The Morgan fingerprint density at radius 2 is 1.53 bits per heavy atom.